The van der Waals surface area contributed by atoms with Gasteiger partial charge in [-0.2, -0.15) is 0 Å². The number of rotatable bonds is 3. The Hall–Kier alpha value is -1.91. The molecule has 0 heterocycles. The summed E-state index contributed by atoms with van der Waals surface area (Å²) in [6, 6.07) is 2.61. The van der Waals surface area contributed by atoms with Gasteiger partial charge in [0, 0.05) is 13.3 Å². The minimum absolute atomic E-state index is 0.166. The largest absolute Gasteiger partial charge is 0.504 e. The van der Waals surface area contributed by atoms with E-state index >= 15 is 0 Å². The van der Waals surface area contributed by atoms with E-state index in [2.05, 4.69) is 0 Å². The molecule has 82 valence electrons. The van der Waals surface area contributed by atoms with Crippen molar-refractivity contribution in [3.63, 3.8) is 0 Å². The highest BCUT2D eigenvalue weighted by atomic mass is 16.5. The van der Waals surface area contributed by atoms with E-state index in [1.807, 2.05) is 0 Å². The van der Waals surface area contributed by atoms with E-state index in [0.29, 0.717) is 12.0 Å². The normalized spacial score (nSPS) is 9.93. The Morgan fingerprint density at radius 3 is 2.27 bits per heavy atom. The van der Waals surface area contributed by atoms with Crippen molar-refractivity contribution in [1.82, 2.24) is 0 Å². The molecule has 3 N–H and O–H groups in total. The number of ether oxygens (including phenoxy) is 1. The molecule has 0 radical (unpaired) electrons. The average Bonchev–Trinajstić information content (AvgIpc) is 2.13. The minimum Gasteiger partial charge on any atom is -0.504 e. The lowest BCUT2D eigenvalue weighted by Crippen LogP contribution is -2.03. The summed E-state index contributed by atoms with van der Waals surface area (Å²) < 4.78 is 4.69. The number of hydrogen-bond donors (Lipinski definition) is 3. The number of phenolic OH excluding ortho intramolecular Hbond substituents is 3. The van der Waals surface area contributed by atoms with Gasteiger partial charge in [-0.15, -0.1) is 0 Å². The van der Waals surface area contributed by atoms with Gasteiger partial charge in [-0.3, -0.25) is 4.79 Å². The second kappa shape index (κ2) is 4.54. The third kappa shape index (κ3) is 3.05. The highest BCUT2D eigenvalue weighted by molar-refractivity contribution is 5.65. The first-order valence-electron chi connectivity index (χ1n) is 4.38. The van der Waals surface area contributed by atoms with Crippen molar-refractivity contribution in [3.05, 3.63) is 17.7 Å². The van der Waals surface area contributed by atoms with Crippen LogP contribution in [0.1, 0.15) is 12.5 Å². The van der Waals surface area contributed by atoms with Crippen LogP contribution in [0.2, 0.25) is 0 Å². The maximum atomic E-state index is 10.5. The van der Waals surface area contributed by atoms with Gasteiger partial charge >= 0.3 is 5.97 Å². The van der Waals surface area contributed by atoms with Gasteiger partial charge in [-0.25, -0.2) is 0 Å². The molecule has 0 aliphatic heterocycles. The van der Waals surface area contributed by atoms with Crippen LogP contribution in [0, 0.1) is 0 Å². The van der Waals surface area contributed by atoms with Crippen LogP contribution in [0.3, 0.4) is 0 Å². The molecule has 1 aromatic rings. The van der Waals surface area contributed by atoms with E-state index in [-0.39, 0.29) is 12.6 Å². The van der Waals surface area contributed by atoms with Crippen molar-refractivity contribution in [2.24, 2.45) is 0 Å². The first-order valence-corrected chi connectivity index (χ1v) is 4.38. The van der Waals surface area contributed by atoms with E-state index in [1.54, 1.807) is 0 Å². The van der Waals surface area contributed by atoms with E-state index in [0.717, 1.165) is 0 Å². The van der Waals surface area contributed by atoms with Gasteiger partial charge in [-0.05, 0) is 17.7 Å². The van der Waals surface area contributed by atoms with Crippen LogP contribution in [-0.4, -0.2) is 27.9 Å². The molecule has 0 atom stereocenters. The molecular weight excluding hydrogens is 200 g/mol. The smallest absolute Gasteiger partial charge is 0.302 e. The van der Waals surface area contributed by atoms with Crippen LogP contribution in [0.25, 0.3) is 0 Å². The molecule has 0 saturated carbocycles. The van der Waals surface area contributed by atoms with Crippen molar-refractivity contribution in [2.45, 2.75) is 13.3 Å². The highest BCUT2D eigenvalue weighted by Crippen LogP contribution is 2.35. The molecule has 1 aromatic carbocycles. The zero-order chi connectivity index (χ0) is 11.4. The van der Waals surface area contributed by atoms with Crippen LogP contribution >= 0.6 is 0 Å². The Bertz CT molecular complexity index is 349. The number of carbonyl (C=O) groups is 1. The van der Waals surface area contributed by atoms with Gasteiger partial charge in [-0.1, -0.05) is 0 Å². The second-order valence-electron chi connectivity index (χ2n) is 3.07. The summed E-state index contributed by atoms with van der Waals surface area (Å²) in [5, 5.41) is 27.4. The summed E-state index contributed by atoms with van der Waals surface area (Å²) in [6.45, 7) is 1.46. The predicted molar refractivity (Wildman–Crippen MR) is 51.8 cm³/mol. The van der Waals surface area contributed by atoms with Gasteiger partial charge in [0.05, 0.1) is 6.61 Å². The van der Waals surface area contributed by atoms with Crippen molar-refractivity contribution in [1.29, 1.82) is 0 Å². The van der Waals surface area contributed by atoms with E-state index < -0.39 is 17.2 Å². The molecule has 5 nitrogen and oxygen atoms in total. The molecule has 0 amide bonds. The molecule has 0 aliphatic rings. The first kappa shape index (κ1) is 11.2. The minimum atomic E-state index is -0.550. The Labute approximate surface area is 86.5 Å². The van der Waals surface area contributed by atoms with Crippen molar-refractivity contribution < 1.29 is 24.9 Å². The van der Waals surface area contributed by atoms with E-state index in [9.17, 15) is 15.0 Å². The molecule has 0 unspecified atom stereocenters. The highest BCUT2D eigenvalue weighted by Gasteiger charge is 2.08. The van der Waals surface area contributed by atoms with Crippen LogP contribution in [0.15, 0.2) is 12.1 Å². The molecule has 0 aromatic heterocycles. The van der Waals surface area contributed by atoms with Gasteiger partial charge < -0.3 is 20.1 Å². The van der Waals surface area contributed by atoms with Crippen molar-refractivity contribution in [3.8, 4) is 17.2 Å². The monoisotopic (exact) mass is 212 g/mol. The van der Waals surface area contributed by atoms with Gasteiger partial charge in [0.15, 0.2) is 17.2 Å². The number of benzene rings is 1. The fraction of sp³-hybridized carbons (Fsp3) is 0.300. The third-order valence-corrected chi connectivity index (χ3v) is 1.83. The van der Waals surface area contributed by atoms with Gasteiger partial charge in [0.2, 0.25) is 0 Å². The van der Waals surface area contributed by atoms with E-state index in [1.165, 1.54) is 19.1 Å². The van der Waals surface area contributed by atoms with Crippen molar-refractivity contribution >= 4 is 5.97 Å². The van der Waals surface area contributed by atoms with Crippen LogP contribution < -0.4 is 0 Å². The predicted octanol–water partition coefficient (Wildman–Crippen LogP) is 0.909. The zero-order valence-corrected chi connectivity index (χ0v) is 8.23. The molecule has 5 heteroatoms. The maximum Gasteiger partial charge on any atom is 0.302 e. The molecule has 0 aliphatic carbocycles. The van der Waals surface area contributed by atoms with Crippen LogP contribution in [0.5, 0.6) is 17.2 Å². The van der Waals surface area contributed by atoms with Gasteiger partial charge in [0.1, 0.15) is 0 Å². The molecule has 0 saturated heterocycles. The SMILES string of the molecule is CC(=O)OCCc1cc(O)c(O)c(O)c1. The topological polar surface area (TPSA) is 87.0 Å². The fourth-order valence-electron chi connectivity index (χ4n) is 1.12. The van der Waals surface area contributed by atoms with Crippen LogP contribution in [0.4, 0.5) is 0 Å². The maximum absolute atomic E-state index is 10.5. The summed E-state index contributed by atoms with van der Waals surface area (Å²) >= 11 is 0. The first-order chi connectivity index (χ1) is 7.00. The standard InChI is InChI=1S/C10H12O5/c1-6(11)15-3-2-7-4-8(12)10(14)9(13)5-7/h4-5,12-14H,2-3H2,1H3. The number of aromatic hydroxyl groups is 3. The summed E-state index contributed by atoms with van der Waals surface area (Å²) in [4.78, 5) is 10.5. The Kier molecular flexibility index (Phi) is 3.38. The number of esters is 1. The van der Waals surface area contributed by atoms with Crippen molar-refractivity contribution in [2.75, 3.05) is 6.61 Å². The lowest BCUT2D eigenvalue weighted by atomic mass is 10.1. The van der Waals surface area contributed by atoms with E-state index in [4.69, 9.17) is 9.84 Å². The van der Waals surface area contributed by atoms with Crippen LogP contribution in [-0.2, 0) is 16.0 Å². The Morgan fingerprint density at radius 2 is 1.80 bits per heavy atom. The second-order valence-corrected chi connectivity index (χ2v) is 3.07. The lowest BCUT2D eigenvalue weighted by molar-refractivity contribution is -0.140. The molecule has 15 heavy (non-hydrogen) atoms. The number of carbonyl (C=O) groups excluding carboxylic acids is 1. The summed E-state index contributed by atoms with van der Waals surface area (Å²) in [6.07, 6.45) is 0.362. The number of phenols is 3. The Balaban J connectivity index is 2.66. The third-order valence-electron chi connectivity index (χ3n) is 1.83. The molecule has 0 bridgehead atoms. The molecule has 0 spiro atoms. The summed E-state index contributed by atoms with van der Waals surface area (Å²) in [5.41, 5.74) is 0.573. The lowest BCUT2D eigenvalue weighted by Gasteiger charge is -2.05. The number of hydrogen-bond acceptors (Lipinski definition) is 5. The summed E-state index contributed by atoms with van der Waals surface area (Å²) in [7, 11) is 0. The Morgan fingerprint density at radius 1 is 1.27 bits per heavy atom. The quantitative estimate of drug-likeness (QED) is 0.512. The zero-order valence-electron chi connectivity index (χ0n) is 8.23. The molecule has 0 fully saturated rings. The fourth-order valence-corrected chi connectivity index (χ4v) is 1.12. The average molecular weight is 212 g/mol. The van der Waals surface area contributed by atoms with Gasteiger partial charge in [0.25, 0.3) is 0 Å². The summed E-state index contributed by atoms with van der Waals surface area (Å²) in [5.74, 6) is -1.73. The molecule has 1 rings (SSSR count). The molecular formula is C10H12O5.